The summed E-state index contributed by atoms with van der Waals surface area (Å²) in [5, 5.41) is 9.98. The summed E-state index contributed by atoms with van der Waals surface area (Å²) in [5.74, 6) is 0.0210. The number of aliphatic hydroxyl groups excluding tert-OH is 1. The summed E-state index contributed by atoms with van der Waals surface area (Å²) in [7, 11) is 1.72. The molecule has 1 aromatic heterocycles. The van der Waals surface area contributed by atoms with Gasteiger partial charge in [0, 0.05) is 19.3 Å². The molecule has 2 N–H and O–H groups in total. The lowest BCUT2D eigenvalue weighted by atomic mass is 9.79. The number of amides is 1. The first-order chi connectivity index (χ1) is 10.1. The van der Waals surface area contributed by atoms with Gasteiger partial charge in [0.1, 0.15) is 5.69 Å². The molecule has 1 amide bonds. The number of rotatable bonds is 3. The molecule has 2 fully saturated rings. The summed E-state index contributed by atoms with van der Waals surface area (Å²) in [6.07, 6.45) is 3.60. The Morgan fingerprint density at radius 2 is 2.33 bits per heavy atom. The van der Waals surface area contributed by atoms with E-state index >= 15 is 0 Å². The summed E-state index contributed by atoms with van der Waals surface area (Å²) in [4.78, 5) is 17.8. The molecule has 2 heterocycles. The molecule has 3 atom stereocenters. The van der Waals surface area contributed by atoms with Crippen LogP contribution < -0.4 is 0 Å². The van der Waals surface area contributed by atoms with Gasteiger partial charge in [0.15, 0.2) is 0 Å². The van der Waals surface area contributed by atoms with E-state index in [2.05, 4.69) is 11.9 Å². The van der Waals surface area contributed by atoms with Crippen molar-refractivity contribution < 1.29 is 14.6 Å². The van der Waals surface area contributed by atoms with Gasteiger partial charge in [-0.15, -0.1) is 0 Å². The molecular weight excluding hydrogens is 268 g/mol. The van der Waals surface area contributed by atoms with Gasteiger partial charge in [0.25, 0.3) is 5.91 Å². The Bertz CT molecular complexity index is 527. The van der Waals surface area contributed by atoms with Gasteiger partial charge in [-0.2, -0.15) is 0 Å². The predicted octanol–water partition coefficient (Wildman–Crippen LogP) is 1.72. The van der Waals surface area contributed by atoms with Gasteiger partial charge in [0.2, 0.25) is 0 Å². The zero-order valence-corrected chi connectivity index (χ0v) is 12.8. The second kappa shape index (κ2) is 5.46. The first-order valence-electron chi connectivity index (χ1n) is 7.81. The molecule has 21 heavy (non-hydrogen) atoms. The number of carbonyl (C=O) groups excluding carboxylic acids is 1. The maximum Gasteiger partial charge on any atom is 0.270 e. The molecule has 3 rings (SSSR count). The van der Waals surface area contributed by atoms with Crippen LogP contribution in [0.1, 0.15) is 48.8 Å². The molecule has 5 heteroatoms. The lowest BCUT2D eigenvalue weighted by molar-refractivity contribution is -0.0824. The first kappa shape index (κ1) is 14.6. The van der Waals surface area contributed by atoms with E-state index in [1.807, 2.05) is 17.0 Å². The van der Waals surface area contributed by atoms with E-state index in [0.29, 0.717) is 18.7 Å². The summed E-state index contributed by atoms with van der Waals surface area (Å²) < 4.78 is 5.78. The number of hydrogen-bond acceptors (Lipinski definition) is 3. The van der Waals surface area contributed by atoms with Gasteiger partial charge in [-0.05, 0) is 44.2 Å². The van der Waals surface area contributed by atoms with Gasteiger partial charge in [-0.1, -0.05) is 6.92 Å². The van der Waals surface area contributed by atoms with Crippen LogP contribution in [0.25, 0.3) is 0 Å². The van der Waals surface area contributed by atoms with Crippen molar-refractivity contribution in [3.05, 3.63) is 23.5 Å². The molecule has 0 aromatic carbocycles. The minimum Gasteiger partial charge on any atom is -0.393 e. The maximum absolute atomic E-state index is 12.8. The fourth-order valence-corrected chi connectivity index (χ4v) is 3.85. The zero-order valence-electron chi connectivity index (χ0n) is 12.8. The van der Waals surface area contributed by atoms with E-state index < -0.39 is 0 Å². The number of aryl methyl sites for hydroxylation is 1. The number of likely N-dealkylation sites (tertiary alicyclic amines) is 1. The van der Waals surface area contributed by atoms with E-state index in [-0.39, 0.29) is 23.7 Å². The highest BCUT2D eigenvalue weighted by atomic mass is 16.5. The summed E-state index contributed by atoms with van der Waals surface area (Å²) in [6.45, 7) is 2.76. The van der Waals surface area contributed by atoms with Crippen LogP contribution in [0.15, 0.2) is 12.1 Å². The van der Waals surface area contributed by atoms with Crippen molar-refractivity contribution in [2.75, 3.05) is 13.7 Å². The Kier molecular flexibility index (Phi) is 3.80. The maximum atomic E-state index is 12.8. The number of hydrogen-bond donors (Lipinski definition) is 2. The number of carbonyl (C=O) groups is 1. The zero-order chi connectivity index (χ0) is 15.0. The van der Waals surface area contributed by atoms with Gasteiger partial charge in [-0.25, -0.2) is 0 Å². The monoisotopic (exact) mass is 292 g/mol. The lowest BCUT2D eigenvalue weighted by Crippen LogP contribution is -2.52. The number of aromatic amines is 1. The third-order valence-electron chi connectivity index (χ3n) is 5.18. The van der Waals surface area contributed by atoms with Crippen LogP contribution in [0.3, 0.4) is 0 Å². The quantitative estimate of drug-likeness (QED) is 0.891. The van der Waals surface area contributed by atoms with Gasteiger partial charge in [-0.3, -0.25) is 4.79 Å². The standard InChI is InChI=1S/C16H24N2O3/c1-3-11-4-5-13(17-11)15(20)18-9-8-16(21-2)7-6-12(19)10-14(16)18/h4-5,12,14,17,19H,3,6-10H2,1-2H3/t12-,14-,16+/m0/s1. The number of ether oxygens (including phenoxy) is 1. The van der Waals surface area contributed by atoms with Crippen LogP contribution in [-0.2, 0) is 11.2 Å². The molecule has 1 aliphatic heterocycles. The van der Waals surface area contributed by atoms with Crippen molar-refractivity contribution >= 4 is 5.91 Å². The molecule has 0 radical (unpaired) electrons. The summed E-state index contributed by atoms with van der Waals surface area (Å²) in [5.41, 5.74) is 1.44. The smallest absolute Gasteiger partial charge is 0.270 e. The number of nitrogens with one attached hydrogen (secondary N) is 1. The molecule has 0 spiro atoms. The Morgan fingerprint density at radius 1 is 1.52 bits per heavy atom. The van der Waals surface area contributed by atoms with Crippen molar-refractivity contribution in [3.63, 3.8) is 0 Å². The molecule has 1 saturated heterocycles. The minimum absolute atomic E-state index is 0.0210. The third kappa shape index (κ3) is 2.38. The molecule has 0 unspecified atom stereocenters. The Morgan fingerprint density at radius 3 is 3.00 bits per heavy atom. The van der Waals surface area contributed by atoms with Crippen LogP contribution in [0.4, 0.5) is 0 Å². The number of fused-ring (bicyclic) bond motifs is 1. The topological polar surface area (TPSA) is 65.6 Å². The second-order valence-corrected chi connectivity index (χ2v) is 6.21. The number of nitrogens with zero attached hydrogens (tertiary/aromatic N) is 1. The van der Waals surface area contributed by atoms with Gasteiger partial charge < -0.3 is 19.7 Å². The van der Waals surface area contributed by atoms with E-state index in [9.17, 15) is 9.90 Å². The minimum atomic E-state index is -0.332. The van der Waals surface area contributed by atoms with Gasteiger partial charge in [0.05, 0.1) is 17.7 Å². The van der Waals surface area contributed by atoms with E-state index in [1.165, 1.54) is 0 Å². The summed E-state index contributed by atoms with van der Waals surface area (Å²) in [6, 6.07) is 3.79. The molecule has 0 bridgehead atoms. The Hall–Kier alpha value is -1.33. The average Bonchev–Trinajstić information content (AvgIpc) is 3.11. The van der Waals surface area contributed by atoms with Crippen molar-refractivity contribution in [2.45, 2.75) is 56.8 Å². The third-order valence-corrected chi connectivity index (χ3v) is 5.18. The van der Waals surface area contributed by atoms with Crippen molar-refractivity contribution in [1.82, 2.24) is 9.88 Å². The Labute approximate surface area is 125 Å². The number of methoxy groups -OCH3 is 1. The van der Waals surface area contributed by atoms with Crippen LogP contribution in [0, 0.1) is 0 Å². The van der Waals surface area contributed by atoms with Crippen molar-refractivity contribution in [2.24, 2.45) is 0 Å². The van der Waals surface area contributed by atoms with Crippen LogP contribution >= 0.6 is 0 Å². The molecule has 116 valence electrons. The van der Waals surface area contributed by atoms with Gasteiger partial charge >= 0.3 is 0 Å². The van der Waals surface area contributed by atoms with Crippen LogP contribution in [0.5, 0.6) is 0 Å². The van der Waals surface area contributed by atoms with Crippen molar-refractivity contribution in [3.8, 4) is 0 Å². The predicted molar refractivity (Wildman–Crippen MR) is 79.2 cm³/mol. The first-order valence-corrected chi connectivity index (χ1v) is 7.81. The largest absolute Gasteiger partial charge is 0.393 e. The summed E-state index contributed by atoms with van der Waals surface area (Å²) >= 11 is 0. The normalized spacial score (nSPS) is 32.2. The van der Waals surface area contributed by atoms with Crippen molar-refractivity contribution in [1.29, 1.82) is 0 Å². The van der Waals surface area contributed by atoms with Crippen LogP contribution in [-0.4, -0.2) is 52.3 Å². The Balaban J connectivity index is 1.83. The highest BCUT2D eigenvalue weighted by Gasteiger charge is 2.52. The molecular formula is C16H24N2O3. The molecule has 1 aromatic rings. The molecule has 5 nitrogen and oxygen atoms in total. The fraction of sp³-hybridized carbons (Fsp3) is 0.688. The lowest BCUT2D eigenvalue weighted by Gasteiger charge is -2.42. The van der Waals surface area contributed by atoms with E-state index in [1.54, 1.807) is 7.11 Å². The highest BCUT2D eigenvalue weighted by molar-refractivity contribution is 5.93. The highest BCUT2D eigenvalue weighted by Crippen LogP contribution is 2.42. The number of aliphatic hydroxyl groups is 1. The molecule has 2 aliphatic rings. The van der Waals surface area contributed by atoms with E-state index in [4.69, 9.17) is 4.74 Å². The fourth-order valence-electron chi connectivity index (χ4n) is 3.85. The molecule has 1 aliphatic carbocycles. The average molecular weight is 292 g/mol. The number of aromatic nitrogens is 1. The van der Waals surface area contributed by atoms with Crippen LogP contribution in [0.2, 0.25) is 0 Å². The molecule has 1 saturated carbocycles. The SMILES string of the molecule is CCc1ccc(C(=O)N2CC[C@]3(OC)CC[C@H](O)C[C@H]23)[nH]1. The van der Waals surface area contributed by atoms with E-state index in [0.717, 1.165) is 31.4 Å². The number of H-pyrrole nitrogens is 1. The second-order valence-electron chi connectivity index (χ2n) is 6.21.